The second kappa shape index (κ2) is 5.95. The highest BCUT2D eigenvalue weighted by molar-refractivity contribution is 6.04. The third kappa shape index (κ3) is 2.68. The van der Waals surface area contributed by atoms with Gasteiger partial charge in [0.2, 0.25) is 0 Å². The Bertz CT molecular complexity index is 876. The predicted molar refractivity (Wildman–Crippen MR) is 84.4 cm³/mol. The van der Waals surface area contributed by atoms with E-state index in [0.717, 1.165) is 0 Å². The Labute approximate surface area is 131 Å². The average Bonchev–Trinajstić information content (AvgIpc) is 2.87. The lowest BCUT2D eigenvalue weighted by Crippen LogP contribution is -2.25. The number of carboxylic acid groups (broad SMARTS) is 1. The van der Waals surface area contributed by atoms with E-state index in [1.54, 1.807) is 16.8 Å². The number of aromatic nitrogens is 4. The molecular weight excluding hydrogens is 300 g/mol. The highest BCUT2D eigenvalue weighted by Gasteiger charge is 2.18. The van der Waals surface area contributed by atoms with Gasteiger partial charge in [0.1, 0.15) is 16.6 Å². The Morgan fingerprint density at radius 3 is 3.00 bits per heavy atom. The minimum absolute atomic E-state index is 0.206. The van der Waals surface area contributed by atoms with Crippen LogP contribution in [0.5, 0.6) is 6.01 Å². The lowest BCUT2D eigenvalue weighted by Gasteiger charge is -2.10. The van der Waals surface area contributed by atoms with E-state index in [-0.39, 0.29) is 12.4 Å². The Morgan fingerprint density at radius 2 is 2.26 bits per heavy atom. The molecule has 0 aliphatic rings. The molecule has 0 aliphatic carbocycles. The van der Waals surface area contributed by atoms with E-state index in [0.29, 0.717) is 41.2 Å². The van der Waals surface area contributed by atoms with Gasteiger partial charge in [-0.25, -0.2) is 9.78 Å². The zero-order chi connectivity index (χ0) is 16.4. The van der Waals surface area contributed by atoms with Crippen LogP contribution in [0.1, 0.15) is 6.92 Å². The zero-order valence-electron chi connectivity index (χ0n) is 12.5. The van der Waals surface area contributed by atoms with Crippen LogP contribution in [0.25, 0.3) is 22.1 Å². The summed E-state index contributed by atoms with van der Waals surface area (Å²) in [4.78, 5) is 23.7. The molecular formula is C14H16N6O3. The molecule has 0 bridgehead atoms. The standard InChI is InChI=1S/C14H16N6O3/c1-2-23-13-19-10-11(20(13)7-6-17-14(21)22)9-8(18-12(10)15)4-3-5-16-9/h3-5,17H,2,6-7H2,1H3,(H2,15,18)(H,21,22). The maximum absolute atomic E-state index is 10.7. The number of nitrogens with zero attached hydrogens (tertiary/aromatic N) is 4. The number of pyridine rings is 2. The number of nitrogens with one attached hydrogen (secondary N) is 1. The molecule has 0 spiro atoms. The third-order valence-corrected chi connectivity index (χ3v) is 3.31. The summed E-state index contributed by atoms with van der Waals surface area (Å²) in [7, 11) is 0. The molecule has 0 aromatic carbocycles. The van der Waals surface area contributed by atoms with Crippen molar-refractivity contribution in [1.29, 1.82) is 0 Å². The fraction of sp³-hybridized carbons (Fsp3) is 0.286. The van der Waals surface area contributed by atoms with E-state index < -0.39 is 6.09 Å². The van der Waals surface area contributed by atoms with Crippen LogP contribution in [0.3, 0.4) is 0 Å². The first-order valence-corrected chi connectivity index (χ1v) is 7.11. The lowest BCUT2D eigenvalue weighted by atomic mass is 10.2. The molecule has 120 valence electrons. The summed E-state index contributed by atoms with van der Waals surface area (Å²) in [6.07, 6.45) is 0.573. The number of nitrogen functional groups attached to an aromatic ring is 1. The van der Waals surface area contributed by atoms with Crippen LogP contribution in [0, 0.1) is 0 Å². The van der Waals surface area contributed by atoms with Gasteiger partial charge in [-0.05, 0) is 19.1 Å². The van der Waals surface area contributed by atoms with Gasteiger partial charge in [-0.1, -0.05) is 0 Å². The summed E-state index contributed by atoms with van der Waals surface area (Å²) < 4.78 is 7.31. The molecule has 0 saturated heterocycles. The molecule has 3 aromatic heterocycles. The van der Waals surface area contributed by atoms with Gasteiger partial charge >= 0.3 is 6.09 Å². The maximum atomic E-state index is 10.7. The van der Waals surface area contributed by atoms with Gasteiger partial charge < -0.3 is 20.9 Å². The molecule has 0 atom stereocenters. The van der Waals surface area contributed by atoms with Crippen LogP contribution in [-0.2, 0) is 6.54 Å². The quantitative estimate of drug-likeness (QED) is 0.645. The Kier molecular flexibility index (Phi) is 3.83. The summed E-state index contributed by atoms with van der Waals surface area (Å²) in [5, 5.41) is 11.1. The summed E-state index contributed by atoms with van der Waals surface area (Å²) >= 11 is 0. The van der Waals surface area contributed by atoms with Crippen LogP contribution < -0.4 is 15.8 Å². The number of amides is 1. The molecule has 0 unspecified atom stereocenters. The number of carbonyl (C=O) groups is 1. The third-order valence-electron chi connectivity index (χ3n) is 3.31. The van der Waals surface area contributed by atoms with Crippen molar-refractivity contribution < 1.29 is 14.6 Å². The molecule has 3 rings (SSSR count). The summed E-state index contributed by atoms with van der Waals surface area (Å²) in [6, 6.07) is 3.95. The number of nitrogens with two attached hydrogens (primary N) is 1. The van der Waals surface area contributed by atoms with Gasteiger partial charge in [0.15, 0.2) is 5.82 Å². The molecule has 1 amide bonds. The smallest absolute Gasteiger partial charge is 0.404 e. The van der Waals surface area contributed by atoms with Crippen LogP contribution in [0.2, 0.25) is 0 Å². The normalized spacial score (nSPS) is 11.0. The van der Waals surface area contributed by atoms with E-state index in [1.165, 1.54) is 0 Å². The number of ether oxygens (including phenoxy) is 1. The van der Waals surface area contributed by atoms with Crippen LogP contribution in [0.4, 0.5) is 10.6 Å². The largest absolute Gasteiger partial charge is 0.465 e. The molecule has 0 radical (unpaired) electrons. The highest BCUT2D eigenvalue weighted by Crippen LogP contribution is 2.30. The van der Waals surface area contributed by atoms with Crippen molar-refractivity contribution in [3.8, 4) is 6.01 Å². The van der Waals surface area contributed by atoms with Crippen LogP contribution >= 0.6 is 0 Å². The van der Waals surface area contributed by atoms with Crippen molar-refractivity contribution in [2.45, 2.75) is 13.5 Å². The van der Waals surface area contributed by atoms with Crippen LogP contribution in [-0.4, -0.2) is 43.9 Å². The molecule has 4 N–H and O–H groups in total. The summed E-state index contributed by atoms with van der Waals surface area (Å²) in [5.41, 5.74) is 8.47. The SMILES string of the molecule is CCOc1nc2c(N)nc3cccnc3c2n1CCNC(=O)O. The second-order valence-corrected chi connectivity index (χ2v) is 4.78. The molecule has 0 fully saturated rings. The van der Waals surface area contributed by atoms with Crippen LogP contribution in [0.15, 0.2) is 18.3 Å². The first-order chi connectivity index (χ1) is 11.1. The fourth-order valence-corrected chi connectivity index (χ4v) is 2.42. The van der Waals surface area contributed by atoms with Gasteiger partial charge in [-0.15, -0.1) is 0 Å². The summed E-state index contributed by atoms with van der Waals surface area (Å²) in [6.45, 7) is 2.82. The van der Waals surface area contributed by atoms with Gasteiger partial charge in [0, 0.05) is 19.3 Å². The minimum atomic E-state index is -1.09. The number of imidazole rings is 1. The summed E-state index contributed by atoms with van der Waals surface area (Å²) in [5.74, 6) is 0.284. The van der Waals surface area contributed by atoms with Crippen molar-refractivity contribution in [2.75, 3.05) is 18.9 Å². The number of anilines is 1. The molecule has 0 saturated carbocycles. The number of fused-ring (bicyclic) bond motifs is 3. The maximum Gasteiger partial charge on any atom is 0.404 e. The Balaban J connectivity index is 2.20. The average molecular weight is 316 g/mol. The molecule has 9 nitrogen and oxygen atoms in total. The first kappa shape index (κ1) is 14.8. The fourth-order valence-electron chi connectivity index (χ4n) is 2.42. The second-order valence-electron chi connectivity index (χ2n) is 4.78. The minimum Gasteiger partial charge on any atom is -0.465 e. The topological polar surface area (TPSA) is 128 Å². The van der Waals surface area contributed by atoms with Gasteiger partial charge in [0.25, 0.3) is 6.01 Å². The van der Waals surface area contributed by atoms with Crippen molar-refractivity contribution in [3.63, 3.8) is 0 Å². The Hall–Kier alpha value is -3.10. The van der Waals surface area contributed by atoms with Gasteiger partial charge in [0.05, 0.1) is 12.1 Å². The molecule has 0 aliphatic heterocycles. The van der Waals surface area contributed by atoms with Crippen molar-refractivity contribution in [1.82, 2.24) is 24.8 Å². The number of rotatable bonds is 5. The zero-order valence-corrected chi connectivity index (χ0v) is 12.5. The molecule has 3 heterocycles. The molecule has 3 aromatic rings. The predicted octanol–water partition coefficient (Wildman–Crippen LogP) is 1.23. The van der Waals surface area contributed by atoms with Crippen molar-refractivity contribution in [2.24, 2.45) is 0 Å². The van der Waals surface area contributed by atoms with E-state index >= 15 is 0 Å². The first-order valence-electron chi connectivity index (χ1n) is 7.11. The van der Waals surface area contributed by atoms with E-state index in [2.05, 4.69) is 20.3 Å². The van der Waals surface area contributed by atoms with Crippen molar-refractivity contribution in [3.05, 3.63) is 18.3 Å². The van der Waals surface area contributed by atoms with Crippen molar-refractivity contribution >= 4 is 34.0 Å². The Morgan fingerprint density at radius 1 is 1.43 bits per heavy atom. The van der Waals surface area contributed by atoms with E-state index in [4.69, 9.17) is 15.6 Å². The van der Waals surface area contributed by atoms with E-state index in [9.17, 15) is 4.79 Å². The van der Waals surface area contributed by atoms with Gasteiger partial charge in [-0.2, -0.15) is 4.98 Å². The molecule has 9 heteroatoms. The molecule has 23 heavy (non-hydrogen) atoms. The lowest BCUT2D eigenvalue weighted by molar-refractivity contribution is 0.193. The monoisotopic (exact) mass is 316 g/mol. The van der Waals surface area contributed by atoms with E-state index in [1.807, 2.05) is 13.0 Å². The number of hydrogen-bond donors (Lipinski definition) is 3. The highest BCUT2D eigenvalue weighted by atomic mass is 16.5. The van der Waals surface area contributed by atoms with Gasteiger partial charge in [-0.3, -0.25) is 9.55 Å². The number of hydrogen-bond acceptors (Lipinski definition) is 6.